The molecule has 1 aromatic heterocycles. The molecule has 0 saturated carbocycles. The zero-order chi connectivity index (χ0) is 8.97. The van der Waals surface area contributed by atoms with Crippen LogP contribution in [0.15, 0.2) is 16.8 Å². The number of hydrogen-bond donors (Lipinski definition) is 1. The summed E-state index contributed by atoms with van der Waals surface area (Å²) in [5.74, 6) is 0. The molecule has 0 unspecified atom stereocenters. The molecule has 12 heavy (non-hydrogen) atoms. The van der Waals surface area contributed by atoms with E-state index in [0.29, 0.717) is 6.54 Å². The van der Waals surface area contributed by atoms with Crippen molar-refractivity contribution in [3.05, 3.63) is 23.5 Å². The van der Waals surface area contributed by atoms with Crippen LogP contribution in [0.3, 0.4) is 0 Å². The van der Waals surface area contributed by atoms with Gasteiger partial charge < -0.3 is 5.32 Å². The summed E-state index contributed by atoms with van der Waals surface area (Å²) in [6.07, 6.45) is 0. The SMILES string of the molecule is C=C(C)CNCc1nonc1C. The molecular weight excluding hydrogens is 154 g/mol. The largest absolute Gasteiger partial charge is 0.307 e. The van der Waals surface area contributed by atoms with Crippen molar-refractivity contribution in [2.45, 2.75) is 20.4 Å². The highest BCUT2D eigenvalue weighted by atomic mass is 16.6. The van der Waals surface area contributed by atoms with E-state index in [-0.39, 0.29) is 0 Å². The Kier molecular flexibility index (Phi) is 2.99. The molecule has 0 fully saturated rings. The van der Waals surface area contributed by atoms with Crippen LogP contribution in [0, 0.1) is 6.92 Å². The third-order valence-electron chi connectivity index (χ3n) is 1.47. The summed E-state index contributed by atoms with van der Waals surface area (Å²) < 4.78 is 4.54. The van der Waals surface area contributed by atoms with E-state index >= 15 is 0 Å². The first kappa shape index (κ1) is 8.93. The van der Waals surface area contributed by atoms with E-state index in [1.165, 1.54) is 0 Å². The summed E-state index contributed by atoms with van der Waals surface area (Å²) in [6, 6.07) is 0. The molecular formula is C8H13N3O. The fourth-order valence-electron chi connectivity index (χ4n) is 0.804. The lowest BCUT2D eigenvalue weighted by molar-refractivity contribution is 0.300. The Morgan fingerprint density at radius 2 is 2.33 bits per heavy atom. The van der Waals surface area contributed by atoms with Gasteiger partial charge in [-0.15, -0.1) is 0 Å². The molecule has 0 aliphatic rings. The van der Waals surface area contributed by atoms with Crippen molar-refractivity contribution >= 4 is 0 Å². The summed E-state index contributed by atoms with van der Waals surface area (Å²) in [4.78, 5) is 0. The Morgan fingerprint density at radius 3 is 2.83 bits per heavy atom. The standard InChI is InChI=1S/C8H13N3O/c1-6(2)4-9-5-8-7(3)10-12-11-8/h9H,1,4-5H2,2-3H3. The van der Waals surface area contributed by atoms with Crippen LogP contribution in [-0.4, -0.2) is 16.9 Å². The van der Waals surface area contributed by atoms with Gasteiger partial charge in [0.2, 0.25) is 0 Å². The molecule has 0 aliphatic carbocycles. The second-order valence-electron chi connectivity index (χ2n) is 2.86. The summed E-state index contributed by atoms with van der Waals surface area (Å²) in [7, 11) is 0. The van der Waals surface area contributed by atoms with Gasteiger partial charge in [0.25, 0.3) is 0 Å². The minimum atomic E-state index is 0.683. The van der Waals surface area contributed by atoms with Gasteiger partial charge in [-0.25, -0.2) is 4.63 Å². The Morgan fingerprint density at radius 1 is 1.58 bits per heavy atom. The van der Waals surface area contributed by atoms with Crippen molar-refractivity contribution in [3.8, 4) is 0 Å². The average molecular weight is 167 g/mol. The van der Waals surface area contributed by atoms with E-state index in [2.05, 4.69) is 26.8 Å². The second kappa shape index (κ2) is 4.01. The minimum Gasteiger partial charge on any atom is -0.307 e. The molecule has 0 amide bonds. The lowest BCUT2D eigenvalue weighted by Gasteiger charge is -2.00. The van der Waals surface area contributed by atoms with E-state index in [0.717, 1.165) is 23.5 Å². The molecule has 1 aromatic rings. The zero-order valence-corrected chi connectivity index (χ0v) is 7.42. The maximum Gasteiger partial charge on any atom is 0.121 e. The van der Waals surface area contributed by atoms with Gasteiger partial charge >= 0.3 is 0 Å². The van der Waals surface area contributed by atoms with Crippen molar-refractivity contribution < 1.29 is 4.63 Å². The van der Waals surface area contributed by atoms with Crippen molar-refractivity contribution in [1.29, 1.82) is 0 Å². The average Bonchev–Trinajstić information content (AvgIpc) is 2.36. The molecule has 1 heterocycles. The zero-order valence-electron chi connectivity index (χ0n) is 7.42. The lowest BCUT2D eigenvalue weighted by Crippen LogP contribution is -2.15. The first-order valence-corrected chi connectivity index (χ1v) is 3.83. The van der Waals surface area contributed by atoms with Crippen LogP contribution >= 0.6 is 0 Å². The molecule has 0 atom stereocenters. The van der Waals surface area contributed by atoms with E-state index in [1.807, 2.05) is 13.8 Å². The predicted molar refractivity (Wildman–Crippen MR) is 45.6 cm³/mol. The summed E-state index contributed by atoms with van der Waals surface area (Å²) in [6.45, 7) is 9.10. The number of rotatable bonds is 4. The second-order valence-corrected chi connectivity index (χ2v) is 2.86. The number of nitrogens with one attached hydrogen (secondary N) is 1. The molecule has 4 heteroatoms. The Bertz CT molecular complexity index is 267. The first-order chi connectivity index (χ1) is 5.70. The van der Waals surface area contributed by atoms with Gasteiger partial charge in [-0.05, 0) is 13.8 Å². The quantitative estimate of drug-likeness (QED) is 0.681. The van der Waals surface area contributed by atoms with Gasteiger partial charge in [0, 0.05) is 13.1 Å². The normalized spacial score (nSPS) is 10.2. The smallest absolute Gasteiger partial charge is 0.121 e. The fraction of sp³-hybridized carbons (Fsp3) is 0.500. The lowest BCUT2D eigenvalue weighted by atomic mass is 10.3. The molecule has 0 aliphatic heterocycles. The van der Waals surface area contributed by atoms with Crippen LogP contribution in [0.1, 0.15) is 18.3 Å². The summed E-state index contributed by atoms with van der Waals surface area (Å²) in [5, 5.41) is 10.6. The topological polar surface area (TPSA) is 51.0 Å². The highest BCUT2D eigenvalue weighted by molar-refractivity contribution is 5.04. The summed E-state index contributed by atoms with van der Waals surface area (Å²) in [5.41, 5.74) is 2.80. The van der Waals surface area contributed by atoms with Crippen molar-refractivity contribution in [3.63, 3.8) is 0 Å². The highest BCUT2D eigenvalue weighted by Gasteiger charge is 2.02. The van der Waals surface area contributed by atoms with Crippen LogP contribution in [0.5, 0.6) is 0 Å². The van der Waals surface area contributed by atoms with Crippen LogP contribution in [-0.2, 0) is 6.54 Å². The Balaban J connectivity index is 2.33. The number of aryl methyl sites for hydroxylation is 1. The molecule has 1 N–H and O–H groups in total. The maximum atomic E-state index is 4.54. The minimum absolute atomic E-state index is 0.683. The third-order valence-corrected chi connectivity index (χ3v) is 1.47. The number of hydrogen-bond acceptors (Lipinski definition) is 4. The first-order valence-electron chi connectivity index (χ1n) is 3.83. The van der Waals surface area contributed by atoms with Crippen LogP contribution in [0.4, 0.5) is 0 Å². The molecule has 0 spiro atoms. The van der Waals surface area contributed by atoms with Gasteiger partial charge in [0.1, 0.15) is 11.4 Å². The number of aromatic nitrogens is 2. The Labute approximate surface area is 71.6 Å². The van der Waals surface area contributed by atoms with E-state index in [9.17, 15) is 0 Å². The molecule has 0 saturated heterocycles. The van der Waals surface area contributed by atoms with Gasteiger partial charge in [0.05, 0.1) is 0 Å². The van der Waals surface area contributed by atoms with Gasteiger partial charge in [-0.3, -0.25) is 0 Å². The molecule has 0 aromatic carbocycles. The van der Waals surface area contributed by atoms with Crippen LogP contribution in [0.25, 0.3) is 0 Å². The molecule has 1 rings (SSSR count). The number of nitrogens with zero attached hydrogens (tertiary/aromatic N) is 2. The van der Waals surface area contributed by atoms with Gasteiger partial charge in [-0.1, -0.05) is 22.5 Å². The third kappa shape index (κ3) is 2.47. The highest BCUT2D eigenvalue weighted by Crippen LogP contribution is 1.99. The van der Waals surface area contributed by atoms with E-state index in [1.54, 1.807) is 0 Å². The van der Waals surface area contributed by atoms with Gasteiger partial charge in [-0.2, -0.15) is 0 Å². The van der Waals surface area contributed by atoms with Crippen LogP contribution < -0.4 is 5.32 Å². The molecule has 0 radical (unpaired) electrons. The maximum absolute atomic E-state index is 4.54. The van der Waals surface area contributed by atoms with Gasteiger partial charge in [0.15, 0.2) is 0 Å². The summed E-state index contributed by atoms with van der Waals surface area (Å²) >= 11 is 0. The molecule has 0 bridgehead atoms. The fourth-order valence-corrected chi connectivity index (χ4v) is 0.804. The van der Waals surface area contributed by atoms with Crippen molar-refractivity contribution in [1.82, 2.24) is 15.6 Å². The predicted octanol–water partition coefficient (Wildman–Crippen LogP) is 1.04. The molecule has 4 nitrogen and oxygen atoms in total. The molecule has 66 valence electrons. The van der Waals surface area contributed by atoms with Crippen molar-refractivity contribution in [2.75, 3.05) is 6.54 Å². The Hall–Kier alpha value is -1.16. The van der Waals surface area contributed by atoms with E-state index in [4.69, 9.17) is 0 Å². The van der Waals surface area contributed by atoms with Crippen LogP contribution in [0.2, 0.25) is 0 Å². The monoisotopic (exact) mass is 167 g/mol. The van der Waals surface area contributed by atoms with E-state index < -0.39 is 0 Å². The van der Waals surface area contributed by atoms with Crippen molar-refractivity contribution in [2.24, 2.45) is 0 Å².